The summed E-state index contributed by atoms with van der Waals surface area (Å²) in [5.74, 6) is 3.27. The monoisotopic (exact) mass is 324 g/mol. The van der Waals surface area contributed by atoms with Gasteiger partial charge in [-0.1, -0.05) is 20.8 Å². The normalized spacial score (nSPS) is 19.5. The average molecular weight is 325 g/mol. The van der Waals surface area contributed by atoms with Crippen LogP contribution >= 0.6 is 11.8 Å². The molecule has 0 amide bonds. The first-order valence-electron chi connectivity index (χ1n) is 8.53. The molecule has 0 bridgehead atoms. The smallest absolute Gasteiger partial charge is 0.122 e. The fourth-order valence-electron chi connectivity index (χ4n) is 2.84. The first-order chi connectivity index (χ1) is 10.3. The molecule has 2 heterocycles. The molecule has 0 spiro atoms. The zero-order valence-corrected chi connectivity index (χ0v) is 15.6. The van der Waals surface area contributed by atoms with Crippen molar-refractivity contribution in [3.63, 3.8) is 0 Å². The molecule has 4 heteroatoms. The first-order valence-corrected chi connectivity index (χ1v) is 9.51. The van der Waals surface area contributed by atoms with Crippen LogP contribution < -0.4 is 5.32 Å². The van der Waals surface area contributed by atoms with Crippen LogP contribution in [0, 0.1) is 6.92 Å². The maximum absolute atomic E-state index is 5.92. The van der Waals surface area contributed by atoms with Crippen LogP contribution in [0.4, 0.5) is 0 Å². The topological polar surface area (TPSA) is 28.4 Å². The van der Waals surface area contributed by atoms with E-state index in [1.165, 1.54) is 25.9 Å². The Balaban J connectivity index is 1.89. The number of thioether (sulfide) groups is 1. The lowest BCUT2D eigenvalue weighted by molar-refractivity contribution is 0.205. The third-order valence-corrected chi connectivity index (χ3v) is 5.63. The highest BCUT2D eigenvalue weighted by Crippen LogP contribution is 2.27. The molecule has 0 aromatic carbocycles. The van der Waals surface area contributed by atoms with Gasteiger partial charge in [0.25, 0.3) is 0 Å². The SMILES string of the molecule is Cc1ccc([C@H](CN[C@H](C)CSC(C)(C)C)N2CCCC2)o1. The van der Waals surface area contributed by atoms with Crippen LogP contribution in [-0.2, 0) is 0 Å². The molecular weight excluding hydrogens is 292 g/mol. The Labute approximate surface area is 140 Å². The molecule has 3 nitrogen and oxygen atoms in total. The van der Waals surface area contributed by atoms with Crippen LogP contribution in [0.1, 0.15) is 58.1 Å². The molecular formula is C18H32N2OS. The molecule has 1 aromatic rings. The van der Waals surface area contributed by atoms with E-state index in [1.807, 2.05) is 18.7 Å². The molecule has 1 fully saturated rings. The summed E-state index contributed by atoms with van der Waals surface area (Å²) in [5.41, 5.74) is 0. The molecule has 126 valence electrons. The summed E-state index contributed by atoms with van der Waals surface area (Å²) in [6.07, 6.45) is 2.62. The fourth-order valence-corrected chi connectivity index (χ4v) is 3.71. The van der Waals surface area contributed by atoms with Gasteiger partial charge >= 0.3 is 0 Å². The predicted octanol–water partition coefficient (Wildman–Crippen LogP) is 4.23. The lowest BCUT2D eigenvalue weighted by atomic mass is 10.2. The zero-order chi connectivity index (χ0) is 16.2. The van der Waals surface area contributed by atoms with Gasteiger partial charge in [-0.2, -0.15) is 11.8 Å². The third kappa shape index (κ3) is 5.64. The number of nitrogens with zero attached hydrogens (tertiary/aromatic N) is 1. The molecule has 1 aliphatic heterocycles. The lowest BCUT2D eigenvalue weighted by Gasteiger charge is -2.28. The summed E-state index contributed by atoms with van der Waals surface area (Å²) < 4.78 is 6.25. The van der Waals surface area contributed by atoms with E-state index in [2.05, 4.69) is 50.0 Å². The summed E-state index contributed by atoms with van der Waals surface area (Å²) in [5, 5.41) is 3.72. The van der Waals surface area contributed by atoms with Crippen LogP contribution in [-0.4, -0.2) is 41.1 Å². The number of hydrogen-bond acceptors (Lipinski definition) is 4. The molecule has 0 unspecified atom stereocenters. The van der Waals surface area contributed by atoms with Gasteiger partial charge in [-0.15, -0.1) is 0 Å². The largest absolute Gasteiger partial charge is 0.465 e. The Bertz CT molecular complexity index is 446. The molecule has 1 N–H and O–H groups in total. The molecule has 0 saturated carbocycles. The van der Waals surface area contributed by atoms with Gasteiger partial charge in [-0.3, -0.25) is 4.90 Å². The predicted molar refractivity (Wildman–Crippen MR) is 96.7 cm³/mol. The molecule has 0 aliphatic carbocycles. The van der Waals surface area contributed by atoms with E-state index in [0.29, 0.717) is 16.8 Å². The average Bonchev–Trinajstić information content (AvgIpc) is 3.08. The zero-order valence-electron chi connectivity index (χ0n) is 14.8. The van der Waals surface area contributed by atoms with E-state index in [-0.39, 0.29) is 0 Å². The Morgan fingerprint density at radius 1 is 1.27 bits per heavy atom. The van der Waals surface area contributed by atoms with Crippen LogP contribution in [0.5, 0.6) is 0 Å². The maximum atomic E-state index is 5.92. The van der Waals surface area contributed by atoms with Gasteiger partial charge in [-0.05, 0) is 51.9 Å². The van der Waals surface area contributed by atoms with Crippen LogP contribution in [0.25, 0.3) is 0 Å². The minimum atomic E-state index is 0.336. The van der Waals surface area contributed by atoms with Crippen LogP contribution in [0.3, 0.4) is 0 Å². The summed E-state index contributed by atoms with van der Waals surface area (Å²) in [7, 11) is 0. The van der Waals surface area contributed by atoms with Crippen molar-refractivity contribution in [2.24, 2.45) is 0 Å². The second kappa shape index (κ2) is 7.89. The van der Waals surface area contributed by atoms with Gasteiger partial charge in [0, 0.05) is 23.1 Å². The Hall–Kier alpha value is -0.450. The number of likely N-dealkylation sites (tertiary alicyclic amines) is 1. The van der Waals surface area contributed by atoms with E-state index in [0.717, 1.165) is 23.8 Å². The van der Waals surface area contributed by atoms with Crippen molar-refractivity contribution in [2.45, 2.75) is 64.3 Å². The van der Waals surface area contributed by atoms with E-state index in [4.69, 9.17) is 4.42 Å². The Morgan fingerprint density at radius 3 is 2.50 bits per heavy atom. The number of aryl methyl sites for hydroxylation is 1. The second-order valence-corrected chi connectivity index (χ2v) is 9.29. The van der Waals surface area contributed by atoms with E-state index in [1.54, 1.807) is 0 Å². The van der Waals surface area contributed by atoms with Crippen LogP contribution in [0.15, 0.2) is 16.5 Å². The molecule has 1 aromatic heterocycles. The summed E-state index contributed by atoms with van der Waals surface area (Å²) in [6.45, 7) is 14.5. The molecule has 1 aliphatic rings. The number of rotatable bonds is 7. The van der Waals surface area contributed by atoms with E-state index >= 15 is 0 Å². The Kier molecular flexibility index (Phi) is 6.42. The quantitative estimate of drug-likeness (QED) is 0.812. The number of furan rings is 1. The molecule has 0 radical (unpaired) electrons. The second-order valence-electron chi connectivity index (χ2n) is 7.44. The molecule has 1 saturated heterocycles. The summed E-state index contributed by atoms with van der Waals surface area (Å²) >= 11 is 2.03. The van der Waals surface area contributed by atoms with Crippen molar-refractivity contribution < 1.29 is 4.42 Å². The Morgan fingerprint density at radius 2 is 1.95 bits per heavy atom. The van der Waals surface area contributed by atoms with E-state index in [9.17, 15) is 0 Å². The van der Waals surface area contributed by atoms with Gasteiger partial charge < -0.3 is 9.73 Å². The molecule has 2 atom stereocenters. The molecule has 22 heavy (non-hydrogen) atoms. The van der Waals surface area contributed by atoms with Crippen molar-refractivity contribution in [2.75, 3.05) is 25.4 Å². The van der Waals surface area contributed by atoms with Gasteiger partial charge in [0.05, 0.1) is 6.04 Å². The fraction of sp³-hybridized carbons (Fsp3) is 0.778. The number of hydrogen-bond donors (Lipinski definition) is 1. The van der Waals surface area contributed by atoms with Gasteiger partial charge in [0.1, 0.15) is 11.5 Å². The van der Waals surface area contributed by atoms with Crippen molar-refractivity contribution >= 4 is 11.8 Å². The van der Waals surface area contributed by atoms with Gasteiger partial charge in [0.2, 0.25) is 0 Å². The van der Waals surface area contributed by atoms with Gasteiger partial charge in [-0.25, -0.2) is 0 Å². The van der Waals surface area contributed by atoms with Crippen LogP contribution in [0.2, 0.25) is 0 Å². The van der Waals surface area contributed by atoms with E-state index < -0.39 is 0 Å². The lowest BCUT2D eigenvalue weighted by Crippen LogP contribution is -2.39. The minimum Gasteiger partial charge on any atom is -0.465 e. The van der Waals surface area contributed by atoms with Gasteiger partial charge in [0.15, 0.2) is 0 Å². The number of nitrogens with one attached hydrogen (secondary N) is 1. The standard InChI is InChI=1S/C18H32N2OS/c1-14(13-22-18(3,4)5)19-12-16(20-10-6-7-11-20)17-9-8-15(2)21-17/h8-9,14,16,19H,6-7,10-13H2,1-5H3/t14-,16+/m1/s1. The van der Waals surface area contributed by atoms with Crippen molar-refractivity contribution in [3.8, 4) is 0 Å². The van der Waals surface area contributed by atoms with Crippen molar-refractivity contribution in [1.82, 2.24) is 10.2 Å². The molecule has 2 rings (SSSR count). The highest BCUT2D eigenvalue weighted by molar-refractivity contribution is 8.00. The first kappa shape index (κ1) is 17.9. The summed E-state index contributed by atoms with van der Waals surface area (Å²) in [4.78, 5) is 2.56. The highest BCUT2D eigenvalue weighted by Gasteiger charge is 2.26. The minimum absolute atomic E-state index is 0.336. The third-order valence-electron chi connectivity index (χ3n) is 4.10. The summed E-state index contributed by atoms with van der Waals surface area (Å²) in [6, 6.07) is 5.12. The maximum Gasteiger partial charge on any atom is 0.122 e. The highest BCUT2D eigenvalue weighted by atomic mass is 32.2. The van der Waals surface area contributed by atoms with Crippen molar-refractivity contribution in [3.05, 3.63) is 23.7 Å². The van der Waals surface area contributed by atoms with Crippen molar-refractivity contribution in [1.29, 1.82) is 0 Å².